The van der Waals surface area contributed by atoms with Gasteiger partial charge in [0.25, 0.3) is 0 Å². The first-order chi connectivity index (χ1) is 7.75. The third-order valence-electron chi connectivity index (χ3n) is 1.85. The Balaban J connectivity index is 2.22. The molecule has 0 aliphatic carbocycles. The Morgan fingerprint density at radius 3 is 2.62 bits per heavy atom. The van der Waals surface area contributed by atoms with Crippen LogP contribution in [0.1, 0.15) is 10.4 Å². The molecule has 0 saturated heterocycles. The van der Waals surface area contributed by atoms with Gasteiger partial charge in [-0.2, -0.15) is 0 Å². The average molecular weight is 216 g/mol. The molecule has 0 bridgehead atoms. The summed E-state index contributed by atoms with van der Waals surface area (Å²) in [6.45, 7) is 0. The van der Waals surface area contributed by atoms with Crippen molar-refractivity contribution in [3.8, 4) is 11.6 Å². The maximum atomic E-state index is 10.7. The lowest BCUT2D eigenvalue weighted by Gasteiger charge is -2.04. The fourth-order valence-electron chi connectivity index (χ4n) is 1.13. The van der Waals surface area contributed by atoms with Crippen LogP contribution in [0.4, 0.5) is 0 Å². The highest BCUT2D eigenvalue weighted by Crippen LogP contribution is 2.18. The van der Waals surface area contributed by atoms with Gasteiger partial charge < -0.3 is 9.84 Å². The van der Waals surface area contributed by atoms with Crippen molar-refractivity contribution in [2.45, 2.75) is 0 Å². The standard InChI is InChI=1S/C11H8N2O3/c14-11(15)8-1-6-13-10(7-8)16-9-2-4-12-5-3-9/h1-7H,(H,14,15). The minimum atomic E-state index is -1.01. The molecule has 0 spiro atoms. The van der Waals surface area contributed by atoms with Gasteiger partial charge in [-0.25, -0.2) is 9.78 Å². The maximum absolute atomic E-state index is 10.7. The van der Waals surface area contributed by atoms with E-state index in [9.17, 15) is 4.79 Å². The minimum absolute atomic E-state index is 0.138. The van der Waals surface area contributed by atoms with E-state index < -0.39 is 5.97 Å². The molecule has 2 aromatic heterocycles. The number of aromatic carboxylic acids is 1. The Hall–Kier alpha value is -2.43. The molecule has 0 saturated carbocycles. The molecule has 1 N–H and O–H groups in total. The average Bonchev–Trinajstić information content (AvgIpc) is 2.30. The molecule has 0 aliphatic heterocycles. The molecule has 5 heteroatoms. The topological polar surface area (TPSA) is 72.3 Å². The predicted molar refractivity (Wildman–Crippen MR) is 55.5 cm³/mol. The minimum Gasteiger partial charge on any atom is -0.478 e. The first-order valence-electron chi connectivity index (χ1n) is 4.53. The van der Waals surface area contributed by atoms with Crippen molar-refractivity contribution in [2.75, 3.05) is 0 Å². The summed E-state index contributed by atoms with van der Waals surface area (Å²) in [7, 11) is 0. The summed E-state index contributed by atoms with van der Waals surface area (Å²) in [4.78, 5) is 18.5. The van der Waals surface area contributed by atoms with E-state index in [1.165, 1.54) is 18.3 Å². The van der Waals surface area contributed by atoms with Crippen molar-refractivity contribution in [1.82, 2.24) is 9.97 Å². The summed E-state index contributed by atoms with van der Waals surface area (Å²) in [5.41, 5.74) is 0.138. The predicted octanol–water partition coefficient (Wildman–Crippen LogP) is 1.97. The highest BCUT2D eigenvalue weighted by atomic mass is 16.5. The molecule has 16 heavy (non-hydrogen) atoms. The van der Waals surface area contributed by atoms with Crippen LogP contribution in [0.25, 0.3) is 0 Å². The fraction of sp³-hybridized carbons (Fsp3) is 0. The van der Waals surface area contributed by atoms with E-state index >= 15 is 0 Å². The first kappa shape index (κ1) is 10.1. The van der Waals surface area contributed by atoms with Crippen LogP contribution in [-0.4, -0.2) is 21.0 Å². The Bertz CT molecular complexity index is 500. The number of carboxylic acids is 1. The van der Waals surface area contributed by atoms with Gasteiger partial charge in [0.2, 0.25) is 5.88 Å². The highest BCUT2D eigenvalue weighted by molar-refractivity contribution is 5.87. The van der Waals surface area contributed by atoms with E-state index in [1.54, 1.807) is 24.5 Å². The Morgan fingerprint density at radius 1 is 1.19 bits per heavy atom. The number of pyridine rings is 2. The lowest BCUT2D eigenvalue weighted by atomic mass is 10.3. The summed E-state index contributed by atoms with van der Waals surface area (Å²) in [6, 6.07) is 6.09. The smallest absolute Gasteiger partial charge is 0.335 e. The van der Waals surface area contributed by atoms with Crippen LogP contribution >= 0.6 is 0 Å². The van der Waals surface area contributed by atoms with Crippen molar-refractivity contribution >= 4 is 5.97 Å². The number of nitrogens with zero attached hydrogens (tertiary/aromatic N) is 2. The van der Waals surface area contributed by atoms with Crippen LogP contribution in [0.5, 0.6) is 11.6 Å². The molecule has 0 aliphatic rings. The van der Waals surface area contributed by atoms with E-state index in [-0.39, 0.29) is 11.4 Å². The summed E-state index contributed by atoms with van der Waals surface area (Å²) in [5.74, 6) is -0.210. The van der Waals surface area contributed by atoms with Gasteiger partial charge in [0.05, 0.1) is 5.56 Å². The number of hydrogen-bond donors (Lipinski definition) is 1. The van der Waals surface area contributed by atoms with Crippen LogP contribution in [0.3, 0.4) is 0 Å². The van der Waals surface area contributed by atoms with Crippen molar-refractivity contribution in [3.63, 3.8) is 0 Å². The molecule has 0 amide bonds. The summed E-state index contributed by atoms with van der Waals surface area (Å²) >= 11 is 0. The zero-order chi connectivity index (χ0) is 11.4. The van der Waals surface area contributed by atoms with Gasteiger partial charge in [-0.1, -0.05) is 0 Å². The number of carbonyl (C=O) groups is 1. The van der Waals surface area contributed by atoms with E-state index in [2.05, 4.69) is 9.97 Å². The molecule has 2 heterocycles. The summed E-state index contributed by atoms with van der Waals surface area (Å²) in [6.07, 6.45) is 4.55. The van der Waals surface area contributed by atoms with Crippen molar-refractivity contribution in [1.29, 1.82) is 0 Å². The first-order valence-corrected chi connectivity index (χ1v) is 4.53. The van der Waals surface area contributed by atoms with E-state index in [4.69, 9.17) is 9.84 Å². The monoisotopic (exact) mass is 216 g/mol. The number of ether oxygens (including phenoxy) is 1. The van der Waals surface area contributed by atoms with Gasteiger partial charge in [-0.05, 0) is 18.2 Å². The van der Waals surface area contributed by atoms with Gasteiger partial charge in [0.1, 0.15) is 5.75 Å². The van der Waals surface area contributed by atoms with Crippen molar-refractivity contribution < 1.29 is 14.6 Å². The molecule has 0 radical (unpaired) electrons. The van der Waals surface area contributed by atoms with Gasteiger partial charge in [-0.3, -0.25) is 4.98 Å². The molecular weight excluding hydrogens is 208 g/mol. The van der Waals surface area contributed by atoms with E-state index in [0.29, 0.717) is 5.75 Å². The zero-order valence-electron chi connectivity index (χ0n) is 8.20. The summed E-state index contributed by atoms with van der Waals surface area (Å²) in [5, 5.41) is 8.78. The van der Waals surface area contributed by atoms with E-state index in [1.807, 2.05) is 0 Å². The molecule has 5 nitrogen and oxygen atoms in total. The second kappa shape index (κ2) is 4.39. The number of aromatic nitrogens is 2. The SMILES string of the molecule is O=C(O)c1ccnc(Oc2ccncc2)c1. The largest absolute Gasteiger partial charge is 0.478 e. The molecular formula is C11H8N2O3. The van der Waals surface area contributed by atoms with Gasteiger partial charge in [-0.15, -0.1) is 0 Å². The summed E-state index contributed by atoms with van der Waals surface area (Å²) < 4.78 is 5.35. The molecule has 80 valence electrons. The van der Waals surface area contributed by atoms with Gasteiger partial charge >= 0.3 is 5.97 Å². The van der Waals surface area contributed by atoms with Crippen LogP contribution in [0.2, 0.25) is 0 Å². The normalized spacial score (nSPS) is 9.75. The van der Waals surface area contributed by atoms with Crippen LogP contribution in [0, 0.1) is 0 Å². The van der Waals surface area contributed by atoms with Crippen molar-refractivity contribution in [2.24, 2.45) is 0 Å². The lowest BCUT2D eigenvalue weighted by molar-refractivity contribution is 0.0696. The van der Waals surface area contributed by atoms with Gasteiger partial charge in [0.15, 0.2) is 0 Å². The molecule has 0 fully saturated rings. The van der Waals surface area contributed by atoms with Gasteiger partial charge in [0, 0.05) is 24.7 Å². The van der Waals surface area contributed by atoms with Crippen LogP contribution in [0.15, 0.2) is 42.9 Å². The quantitative estimate of drug-likeness (QED) is 0.849. The zero-order valence-corrected chi connectivity index (χ0v) is 8.20. The molecule has 2 rings (SSSR count). The van der Waals surface area contributed by atoms with E-state index in [0.717, 1.165) is 0 Å². The second-order valence-corrected chi connectivity index (χ2v) is 2.97. The fourth-order valence-corrected chi connectivity index (χ4v) is 1.13. The third-order valence-corrected chi connectivity index (χ3v) is 1.85. The second-order valence-electron chi connectivity index (χ2n) is 2.97. The molecule has 0 unspecified atom stereocenters. The van der Waals surface area contributed by atoms with Crippen molar-refractivity contribution in [3.05, 3.63) is 48.4 Å². The molecule has 0 atom stereocenters. The lowest BCUT2D eigenvalue weighted by Crippen LogP contribution is -1.97. The Morgan fingerprint density at radius 2 is 1.94 bits per heavy atom. The Labute approximate surface area is 91.4 Å². The molecule has 0 aromatic carbocycles. The Kier molecular flexibility index (Phi) is 2.77. The van der Waals surface area contributed by atoms with Crippen LogP contribution < -0.4 is 4.74 Å². The number of carboxylic acid groups (broad SMARTS) is 1. The third kappa shape index (κ3) is 2.33. The highest BCUT2D eigenvalue weighted by Gasteiger charge is 2.05. The maximum Gasteiger partial charge on any atom is 0.335 e. The number of hydrogen-bond acceptors (Lipinski definition) is 4. The molecule has 2 aromatic rings. The van der Waals surface area contributed by atoms with Crippen LogP contribution in [-0.2, 0) is 0 Å². The number of rotatable bonds is 3.